The molecule has 2 heterocycles. The first-order valence-electron chi connectivity index (χ1n) is 6.91. The van der Waals surface area contributed by atoms with Gasteiger partial charge in [-0.25, -0.2) is 0 Å². The van der Waals surface area contributed by atoms with Gasteiger partial charge >= 0.3 is 0 Å². The minimum atomic E-state index is 0.670. The second kappa shape index (κ2) is 7.46. The summed E-state index contributed by atoms with van der Waals surface area (Å²) in [5, 5.41) is 6.86. The molecule has 1 aliphatic rings. The molecule has 18 heavy (non-hydrogen) atoms. The van der Waals surface area contributed by atoms with Crippen molar-refractivity contribution < 1.29 is 0 Å². The molecule has 1 aromatic rings. The number of hydrogen-bond donors (Lipinski definition) is 2. The van der Waals surface area contributed by atoms with E-state index in [1.807, 2.05) is 18.3 Å². The topological polar surface area (TPSA) is 40.2 Å². The Balaban J connectivity index is 1.60. The second-order valence-electron chi connectivity index (χ2n) is 4.92. The van der Waals surface area contributed by atoms with Crippen LogP contribution in [0, 0.1) is 0 Å². The third-order valence-electron chi connectivity index (χ3n) is 3.55. The lowest BCUT2D eigenvalue weighted by Gasteiger charge is -2.32. The standard InChI is InChI=1S/C14H24N4/c1-13(18-10-8-15-9-11-18)5-7-16-12-14-4-2-3-6-17-14/h2-4,6,13,15-16H,5,7-12H2,1H3. The maximum absolute atomic E-state index is 4.30. The minimum Gasteiger partial charge on any atom is -0.314 e. The molecule has 1 aliphatic heterocycles. The lowest BCUT2D eigenvalue weighted by Crippen LogP contribution is -2.48. The summed E-state index contributed by atoms with van der Waals surface area (Å²) in [5.41, 5.74) is 1.12. The number of rotatable bonds is 6. The van der Waals surface area contributed by atoms with Crippen molar-refractivity contribution in [3.63, 3.8) is 0 Å². The highest BCUT2D eigenvalue weighted by atomic mass is 15.2. The maximum atomic E-state index is 4.30. The van der Waals surface area contributed by atoms with Crippen LogP contribution < -0.4 is 10.6 Å². The highest BCUT2D eigenvalue weighted by molar-refractivity contribution is 5.02. The maximum Gasteiger partial charge on any atom is 0.0541 e. The smallest absolute Gasteiger partial charge is 0.0541 e. The fourth-order valence-electron chi connectivity index (χ4n) is 2.34. The summed E-state index contributed by atoms with van der Waals surface area (Å²) < 4.78 is 0. The van der Waals surface area contributed by atoms with E-state index in [1.54, 1.807) is 0 Å². The van der Waals surface area contributed by atoms with Crippen LogP contribution in [-0.2, 0) is 6.54 Å². The summed E-state index contributed by atoms with van der Waals surface area (Å²) in [5.74, 6) is 0. The van der Waals surface area contributed by atoms with Gasteiger partial charge in [-0.05, 0) is 32.0 Å². The quantitative estimate of drug-likeness (QED) is 0.733. The summed E-state index contributed by atoms with van der Waals surface area (Å²) in [4.78, 5) is 6.87. The highest BCUT2D eigenvalue weighted by Crippen LogP contribution is 2.04. The van der Waals surface area contributed by atoms with Gasteiger partial charge in [-0.15, -0.1) is 0 Å². The Hall–Kier alpha value is -0.970. The summed E-state index contributed by atoms with van der Waals surface area (Å²) in [7, 11) is 0. The second-order valence-corrected chi connectivity index (χ2v) is 4.92. The Morgan fingerprint density at radius 3 is 2.94 bits per heavy atom. The Kier molecular flexibility index (Phi) is 5.58. The predicted octanol–water partition coefficient (Wildman–Crippen LogP) is 0.855. The molecule has 4 heteroatoms. The number of pyridine rings is 1. The average Bonchev–Trinajstić information content (AvgIpc) is 2.45. The first-order chi connectivity index (χ1) is 8.86. The average molecular weight is 248 g/mol. The number of piperazine rings is 1. The van der Waals surface area contributed by atoms with E-state index >= 15 is 0 Å². The van der Waals surface area contributed by atoms with E-state index in [-0.39, 0.29) is 0 Å². The number of hydrogen-bond acceptors (Lipinski definition) is 4. The van der Waals surface area contributed by atoms with Crippen molar-refractivity contribution in [2.45, 2.75) is 25.9 Å². The van der Waals surface area contributed by atoms with Crippen molar-refractivity contribution in [3.8, 4) is 0 Å². The zero-order chi connectivity index (χ0) is 12.6. The van der Waals surface area contributed by atoms with Gasteiger partial charge in [0.2, 0.25) is 0 Å². The fraction of sp³-hybridized carbons (Fsp3) is 0.643. The van der Waals surface area contributed by atoms with Crippen LogP contribution in [0.1, 0.15) is 19.0 Å². The molecule has 0 spiro atoms. The van der Waals surface area contributed by atoms with Crippen LogP contribution in [0.25, 0.3) is 0 Å². The fourth-order valence-corrected chi connectivity index (χ4v) is 2.34. The van der Waals surface area contributed by atoms with E-state index in [0.717, 1.165) is 31.9 Å². The highest BCUT2D eigenvalue weighted by Gasteiger charge is 2.15. The number of aromatic nitrogens is 1. The Morgan fingerprint density at radius 1 is 1.39 bits per heavy atom. The van der Waals surface area contributed by atoms with Crippen molar-refractivity contribution in [2.24, 2.45) is 0 Å². The van der Waals surface area contributed by atoms with Crippen LogP contribution in [0.4, 0.5) is 0 Å². The molecule has 1 atom stereocenters. The van der Waals surface area contributed by atoms with Crippen molar-refractivity contribution in [2.75, 3.05) is 32.7 Å². The zero-order valence-corrected chi connectivity index (χ0v) is 11.2. The third-order valence-corrected chi connectivity index (χ3v) is 3.55. The molecule has 0 amide bonds. The van der Waals surface area contributed by atoms with Gasteiger partial charge in [0.1, 0.15) is 0 Å². The lowest BCUT2D eigenvalue weighted by atomic mass is 10.2. The van der Waals surface area contributed by atoms with E-state index in [4.69, 9.17) is 0 Å². The SMILES string of the molecule is CC(CCNCc1ccccn1)N1CCNCC1. The first kappa shape index (κ1) is 13.5. The van der Waals surface area contributed by atoms with Gasteiger partial charge in [0.25, 0.3) is 0 Å². The molecule has 2 N–H and O–H groups in total. The van der Waals surface area contributed by atoms with Gasteiger partial charge in [0.05, 0.1) is 5.69 Å². The molecule has 0 bridgehead atoms. The third kappa shape index (κ3) is 4.37. The predicted molar refractivity (Wildman–Crippen MR) is 74.5 cm³/mol. The van der Waals surface area contributed by atoms with Crippen molar-refractivity contribution >= 4 is 0 Å². The van der Waals surface area contributed by atoms with Crippen molar-refractivity contribution in [3.05, 3.63) is 30.1 Å². The van der Waals surface area contributed by atoms with Crippen molar-refractivity contribution in [1.29, 1.82) is 0 Å². The van der Waals surface area contributed by atoms with Gasteiger partial charge in [0, 0.05) is 45.0 Å². The van der Waals surface area contributed by atoms with Crippen LogP contribution in [0.2, 0.25) is 0 Å². The summed E-state index contributed by atoms with van der Waals surface area (Å²) in [6.45, 7) is 8.88. The summed E-state index contributed by atoms with van der Waals surface area (Å²) in [6, 6.07) is 6.72. The molecule has 1 saturated heterocycles. The van der Waals surface area contributed by atoms with E-state index in [9.17, 15) is 0 Å². The summed E-state index contributed by atoms with van der Waals surface area (Å²) >= 11 is 0. The molecule has 1 unspecified atom stereocenters. The van der Waals surface area contributed by atoms with Crippen molar-refractivity contribution in [1.82, 2.24) is 20.5 Å². The van der Waals surface area contributed by atoms with E-state index < -0.39 is 0 Å². The number of nitrogens with zero attached hydrogens (tertiary/aromatic N) is 2. The van der Waals surface area contributed by atoms with E-state index in [1.165, 1.54) is 19.5 Å². The normalized spacial score (nSPS) is 18.7. The Morgan fingerprint density at radius 2 is 2.22 bits per heavy atom. The number of nitrogens with one attached hydrogen (secondary N) is 2. The molecule has 0 aliphatic carbocycles. The first-order valence-corrected chi connectivity index (χ1v) is 6.91. The van der Waals surface area contributed by atoms with Crippen LogP contribution in [0.15, 0.2) is 24.4 Å². The molecule has 1 aromatic heterocycles. The molecule has 4 nitrogen and oxygen atoms in total. The van der Waals surface area contributed by atoms with Gasteiger partial charge < -0.3 is 10.6 Å². The van der Waals surface area contributed by atoms with E-state index in [2.05, 4.69) is 33.5 Å². The molecule has 0 radical (unpaired) electrons. The van der Waals surface area contributed by atoms with Gasteiger partial charge in [-0.3, -0.25) is 9.88 Å². The molecular formula is C14H24N4. The molecular weight excluding hydrogens is 224 g/mol. The molecule has 100 valence electrons. The Labute approximate surface area is 110 Å². The van der Waals surface area contributed by atoms with Crippen LogP contribution in [0.3, 0.4) is 0 Å². The van der Waals surface area contributed by atoms with Gasteiger partial charge in [-0.2, -0.15) is 0 Å². The van der Waals surface area contributed by atoms with Gasteiger partial charge in [0.15, 0.2) is 0 Å². The van der Waals surface area contributed by atoms with Crippen LogP contribution in [-0.4, -0.2) is 48.6 Å². The zero-order valence-electron chi connectivity index (χ0n) is 11.2. The molecule has 1 fully saturated rings. The molecule has 0 aromatic carbocycles. The largest absolute Gasteiger partial charge is 0.314 e. The molecule has 2 rings (SSSR count). The Bertz CT molecular complexity index is 322. The minimum absolute atomic E-state index is 0.670. The lowest BCUT2D eigenvalue weighted by molar-refractivity contribution is 0.176. The van der Waals surface area contributed by atoms with Crippen LogP contribution >= 0.6 is 0 Å². The molecule has 0 saturated carbocycles. The summed E-state index contributed by atoms with van der Waals surface area (Å²) in [6.07, 6.45) is 3.05. The van der Waals surface area contributed by atoms with Crippen LogP contribution in [0.5, 0.6) is 0 Å². The van der Waals surface area contributed by atoms with E-state index in [0.29, 0.717) is 6.04 Å². The van der Waals surface area contributed by atoms with Gasteiger partial charge in [-0.1, -0.05) is 6.07 Å². The monoisotopic (exact) mass is 248 g/mol.